The van der Waals surface area contributed by atoms with Crippen molar-refractivity contribution in [3.05, 3.63) is 56.0 Å². The van der Waals surface area contributed by atoms with Gasteiger partial charge in [-0.15, -0.1) is 21.5 Å². The monoisotopic (exact) mass is 367 g/mol. The molecule has 1 aromatic carbocycles. The maximum Gasteiger partial charge on any atom is 0.249 e. The van der Waals surface area contributed by atoms with Crippen molar-refractivity contribution in [3.8, 4) is 11.5 Å². The van der Waals surface area contributed by atoms with E-state index in [0.717, 1.165) is 6.54 Å². The lowest BCUT2D eigenvalue weighted by molar-refractivity contribution is 0.284. The minimum Gasteiger partial charge on any atom is -0.419 e. The highest BCUT2D eigenvalue weighted by Crippen LogP contribution is 2.29. The zero-order valence-electron chi connectivity index (χ0n) is 12.7. The summed E-state index contributed by atoms with van der Waals surface area (Å²) in [6.07, 6.45) is 0. The summed E-state index contributed by atoms with van der Waals surface area (Å²) in [4.78, 5) is 3.48. The summed E-state index contributed by atoms with van der Waals surface area (Å²) in [5.74, 6) is 0.963. The molecule has 0 atom stereocenters. The van der Waals surface area contributed by atoms with Crippen LogP contribution in [-0.4, -0.2) is 22.1 Å². The highest BCUT2D eigenvalue weighted by Gasteiger charge is 2.14. The van der Waals surface area contributed by atoms with Crippen molar-refractivity contribution in [2.45, 2.75) is 20.0 Å². The molecule has 3 aromatic rings. The van der Waals surface area contributed by atoms with Crippen LogP contribution in [0.2, 0.25) is 10.0 Å². The second kappa shape index (κ2) is 7.01. The fraction of sp³-hybridized carbons (Fsp3) is 0.250. The summed E-state index contributed by atoms with van der Waals surface area (Å²) >= 11 is 13.8. The number of aryl methyl sites for hydroxylation is 1. The van der Waals surface area contributed by atoms with Crippen molar-refractivity contribution in [1.29, 1.82) is 0 Å². The van der Waals surface area contributed by atoms with E-state index in [1.807, 2.05) is 7.05 Å². The van der Waals surface area contributed by atoms with Crippen LogP contribution in [0.15, 0.2) is 34.1 Å². The molecule has 0 spiro atoms. The van der Waals surface area contributed by atoms with Gasteiger partial charge in [0.1, 0.15) is 0 Å². The molecule has 0 saturated heterocycles. The molecule has 0 aliphatic rings. The molecule has 2 heterocycles. The highest BCUT2D eigenvalue weighted by molar-refractivity contribution is 7.10. The molecule has 0 aliphatic heterocycles. The smallest absolute Gasteiger partial charge is 0.249 e. The Balaban J connectivity index is 1.70. The van der Waals surface area contributed by atoms with Gasteiger partial charge in [0.25, 0.3) is 0 Å². The van der Waals surface area contributed by atoms with Gasteiger partial charge in [-0.2, -0.15) is 0 Å². The van der Waals surface area contributed by atoms with E-state index in [-0.39, 0.29) is 0 Å². The molecule has 0 radical (unpaired) electrons. The van der Waals surface area contributed by atoms with Crippen molar-refractivity contribution in [3.63, 3.8) is 0 Å². The molecule has 4 nitrogen and oxygen atoms in total. The molecular weight excluding hydrogens is 353 g/mol. The highest BCUT2D eigenvalue weighted by atomic mass is 35.5. The second-order valence-corrected chi connectivity index (χ2v) is 7.17. The number of thiophene rings is 1. The average Bonchev–Trinajstić information content (AvgIpc) is 3.09. The largest absolute Gasteiger partial charge is 0.419 e. The summed E-state index contributed by atoms with van der Waals surface area (Å²) in [6, 6.07) is 7.31. The van der Waals surface area contributed by atoms with Crippen LogP contribution in [0, 0.1) is 6.92 Å². The first kappa shape index (κ1) is 16.5. The van der Waals surface area contributed by atoms with Gasteiger partial charge in [-0.1, -0.05) is 23.2 Å². The van der Waals surface area contributed by atoms with Gasteiger partial charge in [-0.05, 0) is 49.2 Å². The minimum absolute atomic E-state index is 0.405. The van der Waals surface area contributed by atoms with Crippen LogP contribution in [0.5, 0.6) is 0 Å². The summed E-state index contributed by atoms with van der Waals surface area (Å²) in [6.45, 7) is 3.55. The second-order valence-electron chi connectivity index (χ2n) is 5.32. The van der Waals surface area contributed by atoms with E-state index in [2.05, 4.69) is 33.5 Å². The molecule has 0 aliphatic carbocycles. The Bertz CT molecular complexity index is 815. The van der Waals surface area contributed by atoms with Gasteiger partial charge in [-0.25, -0.2) is 0 Å². The summed E-state index contributed by atoms with van der Waals surface area (Å²) < 4.78 is 5.72. The predicted octanol–water partition coefficient (Wildman–Crippen LogP) is 5.05. The summed E-state index contributed by atoms with van der Waals surface area (Å²) in [5, 5.41) is 11.3. The zero-order chi connectivity index (χ0) is 16.4. The minimum atomic E-state index is 0.405. The lowest BCUT2D eigenvalue weighted by Gasteiger charge is -2.13. The molecule has 0 amide bonds. The standard InChI is InChI=1S/C16H15Cl2N3OS/c1-10-5-6-23-14(10)8-21(2)9-15-19-20-16(22-15)12-4-3-11(17)7-13(12)18/h3-7H,8-9H2,1-2H3. The zero-order valence-corrected chi connectivity index (χ0v) is 15.0. The van der Waals surface area contributed by atoms with Crippen molar-refractivity contribution in [2.75, 3.05) is 7.05 Å². The van der Waals surface area contributed by atoms with Gasteiger partial charge in [0.05, 0.1) is 17.1 Å². The molecule has 120 valence electrons. The molecule has 0 N–H and O–H groups in total. The third-order valence-electron chi connectivity index (χ3n) is 3.42. The van der Waals surface area contributed by atoms with Crippen molar-refractivity contribution in [1.82, 2.24) is 15.1 Å². The topological polar surface area (TPSA) is 42.2 Å². The maximum atomic E-state index is 6.17. The Morgan fingerprint density at radius 2 is 2.00 bits per heavy atom. The van der Waals surface area contributed by atoms with Crippen LogP contribution in [0.25, 0.3) is 11.5 Å². The van der Waals surface area contributed by atoms with E-state index in [1.165, 1.54) is 10.4 Å². The van der Waals surface area contributed by atoms with Gasteiger partial charge in [0.15, 0.2) is 0 Å². The predicted molar refractivity (Wildman–Crippen MR) is 94.0 cm³/mol. The van der Waals surface area contributed by atoms with Gasteiger partial charge in [0.2, 0.25) is 11.8 Å². The molecule has 3 rings (SSSR count). The first-order chi connectivity index (χ1) is 11.0. The Kier molecular flexibility index (Phi) is 5.02. The Morgan fingerprint density at radius 3 is 2.70 bits per heavy atom. The Morgan fingerprint density at radius 1 is 1.17 bits per heavy atom. The van der Waals surface area contributed by atoms with Gasteiger partial charge in [0, 0.05) is 16.4 Å². The number of halogens is 2. The molecule has 2 aromatic heterocycles. The number of benzene rings is 1. The average molecular weight is 368 g/mol. The number of hydrogen-bond acceptors (Lipinski definition) is 5. The lowest BCUT2D eigenvalue weighted by Crippen LogP contribution is -2.17. The van der Waals surface area contributed by atoms with E-state index in [4.69, 9.17) is 27.6 Å². The molecule has 0 unspecified atom stereocenters. The molecule has 0 saturated carbocycles. The van der Waals surface area contributed by atoms with E-state index >= 15 is 0 Å². The van der Waals surface area contributed by atoms with Crippen LogP contribution in [0.1, 0.15) is 16.3 Å². The van der Waals surface area contributed by atoms with Crippen LogP contribution in [0.4, 0.5) is 0 Å². The maximum absolute atomic E-state index is 6.17. The molecule has 23 heavy (non-hydrogen) atoms. The van der Waals surface area contributed by atoms with E-state index in [1.54, 1.807) is 29.5 Å². The Hall–Kier alpha value is -1.40. The van der Waals surface area contributed by atoms with Crippen LogP contribution in [-0.2, 0) is 13.1 Å². The third kappa shape index (κ3) is 3.93. The van der Waals surface area contributed by atoms with Gasteiger partial charge in [-0.3, -0.25) is 4.90 Å². The van der Waals surface area contributed by atoms with Gasteiger partial charge >= 0.3 is 0 Å². The van der Waals surface area contributed by atoms with Crippen LogP contribution in [0.3, 0.4) is 0 Å². The number of hydrogen-bond donors (Lipinski definition) is 0. The van der Waals surface area contributed by atoms with Crippen LogP contribution >= 0.6 is 34.5 Å². The molecule has 7 heteroatoms. The lowest BCUT2D eigenvalue weighted by atomic mass is 10.2. The van der Waals surface area contributed by atoms with Crippen molar-refractivity contribution >= 4 is 34.5 Å². The SMILES string of the molecule is Cc1ccsc1CN(C)Cc1nnc(-c2ccc(Cl)cc2Cl)o1. The van der Waals surface area contributed by atoms with E-state index in [0.29, 0.717) is 33.9 Å². The van der Waals surface area contributed by atoms with E-state index < -0.39 is 0 Å². The molecule has 0 fully saturated rings. The van der Waals surface area contributed by atoms with Crippen molar-refractivity contribution < 1.29 is 4.42 Å². The summed E-state index contributed by atoms with van der Waals surface area (Å²) in [7, 11) is 2.03. The number of aromatic nitrogens is 2. The first-order valence-electron chi connectivity index (χ1n) is 7.02. The number of rotatable bonds is 5. The normalized spacial score (nSPS) is 11.3. The number of nitrogens with zero attached hydrogens (tertiary/aromatic N) is 3. The summed E-state index contributed by atoms with van der Waals surface area (Å²) in [5.41, 5.74) is 1.99. The fourth-order valence-electron chi connectivity index (χ4n) is 2.19. The fourth-order valence-corrected chi connectivity index (χ4v) is 3.66. The quantitative estimate of drug-likeness (QED) is 0.632. The van der Waals surface area contributed by atoms with Crippen molar-refractivity contribution in [2.24, 2.45) is 0 Å². The third-order valence-corrected chi connectivity index (χ3v) is 4.97. The molecule has 0 bridgehead atoms. The van der Waals surface area contributed by atoms with Gasteiger partial charge < -0.3 is 4.42 Å². The van der Waals surface area contributed by atoms with E-state index in [9.17, 15) is 0 Å². The molecular formula is C16H15Cl2N3OS. The first-order valence-corrected chi connectivity index (χ1v) is 8.66. The Labute approximate surface area is 148 Å². The van der Waals surface area contributed by atoms with Crippen LogP contribution < -0.4 is 0 Å².